The van der Waals surface area contributed by atoms with Gasteiger partial charge >= 0.3 is 5.97 Å². The van der Waals surface area contributed by atoms with Crippen molar-refractivity contribution < 1.29 is 23.5 Å². The minimum atomic E-state index is -0.935. The molecular weight excluding hydrogens is 279 g/mol. The normalized spacial score (nSPS) is 10.1. The van der Waals surface area contributed by atoms with Crippen LogP contribution in [0.5, 0.6) is 0 Å². The van der Waals surface area contributed by atoms with Gasteiger partial charge in [-0.25, -0.2) is 9.18 Å². The summed E-state index contributed by atoms with van der Waals surface area (Å²) in [7, 11) is 0. The Morgan fingerprint density at radius 1 is 1.19 bits per heavy atom. The summed E-state index contributed by atoms with van der Waals surface area (Å²) in [6, 6.07) is 5.26. The zero-order valence-corrected chi connectivity index (χ0v) is 11.8. The Morgan fingerprint density at radius 3 is 2.48 bits per heavy atom. The number of ether oxygens (including phenoxy) is 1. The number of benzene rings is 1. The third-order valence-corrected chi connectivity index (χ3v) is 2.32. The van der Waals surface area contributed by atoms with Crippen molar-refractivity contribution in [2.45, 2.75) is 19.9 Å². The first kappa shape index (κ1) is 16.6. The van der Waals surface area contributed by atoms with E-state index < -0.39 is 24.3 Å². The van der Waals surface area contributed by atoms with Crippen LogP contribution in [0.4, 0.5) is 4.39 Å². The molecule has 0 fully saturated rings. The summed E-state index contributed by atoms with van der Waals surface area (Å²) in [4.78, 5) is 34.2. The summed E-state index contributed by atoms with van der Waals surface area (Å²) in [6.07, 6.45) is 0. The van der Waals surface area contributed by atoms with E-state index in [-0.39, 0.29) is 24.1 Å². The van der Waals surface area contributed by atoms with Gasteiger partial charge in [0.25, 0.3) is 5.91 Å². The van der Waals surface area contributed by atoms with Crippen LogP contribution in [0.25, 0.3) is 0 Å². The predicted octanol–water partition coefficient (Wildman–Crippen LogP) is 0.623. The molecule has 0 atom stereocenters. The number of rotatable bonds is 6. The van der Waals surface area contributed by atoms with E-state index in [0.29, 0.717) is 0 Å². The van der Waals surface area contributed by atoms with Gasteiger partial charge in [-0.1, -0.05) is 12.1 Å². The van der Waals surface area contributed by atoms with Crippen molar-refractivity contribution in [1.82, 2.24) is 10.6 Å². The molecule has 0 spiro atoms. The Bertz CT molecular complexity index is 531. The Morgan fingerprint density at radius 2 is 1.86 bits per heavy atom. The van der Waals surface area contributed by atoms with E-state index in [1.165, 1.54) is 18.2 Å². The number of hydrogen-bond donors (Lipinski definition) is 2. The maximum absolute atomic E-state index is 13.3. The number of carbonyl (C=O) groups excluding carboxylic acids is 3. The van der Waals surface area contributed by atoms with E-state index in [9.17, 15) is 18.8 Å². The van der Waals surface area contributed by atoms with Crippen LogP contribution < -0.4 is 10.6 Å². The van der Waals surface area contributed by atoms with Gasteiger partial charge in [-0.3, -0.25) is 9.59 Å². The average Bonchev–Trinajstić information content (AvgIpc) is 2.42. The smallest absolute Gasteiger partial charge is 0.341 e. The van der Waals surface area contributed by atoms with Crippen LogP contribution in [0.2, 0.25) is 0 Å². The summed E-state index contributed by atoms with van der Waals surface area (Å²) < 4.78 is 17.9. The lowest BCUT2D eigenvalue weighted by Gasteiger charge is -2.09. The summed E-state index contributed by atoms with van der Waals surface area (Å²) in [5.74, 6) is -2.65. The van der Waals surface area contributed by atoms with Gasteiger partial charge in [0, 0.05) is 6.04 Å². The van der Waals surface area contributed by atoms with Crippen LogP contribution in [-0.2, 0) is 14.3 Å². The number of amides is 2. The number of halogens is 1. The largest absolute Gasteiger partial charge is 0.452 e. The third kappa shape index (κ3) is 6.03. The molecule has 7 heteroatoms. The van der Waals surface area contributed by atoms with Gasteiger partial charge in [0.05, 0.1) is 12.1 Å². The van der Waals surface area contributed by atoms with Crippen LogP contribution in [0.3, 0.4) is 0 Å². The molecular formula is C14H17FN2O4. The molecule has 0 aliphatic carbocycles. The lowest BCUT2D eigenvalue weighted by atomic mass is 10.2. The quantitative estimate of drug-likeness (QED) is 0.754. The van der Waals surface area contributed by atoms with E-state index >= 15 is 0 Å². The van der Waals surface area contributed by atoms with Crippen LogP contribution in [0.1, 0.15) is 24.2 Å². The molecule has 2 N–H and O–H groups in total. The highest BCUT2D eigenvalue weighted by molar-refractivity contribution is 5.92. The number of esters is 1. The molecule has 0 aliphatic rings. The van der Waals surface area contributed by atoms with Crippen molar-refractivity contribution in [3.8, 4) is 0 Å². The van der Waals surface area contributed by atoms with Crippen molar-refractivity contribution in [1.29, 1.82) is 0 Å². The van der Waals surface area contributed by atoms with Crippen LogP contribution in [0.15, 0.2) is 24.3 Å². The van der Waals surface area contributed by atoms with Gasteiger partial charge in [0.1, 0.15) is 5.82 Å². The molecule has 21 heavy (non-hydrogen) atoms. The second-order valence-electron chi connectivity index (χ2n) is 4.55. The molecule has 0 saturated heterocycles. The maximum Gasteiger partial charge on any atom is 0.341 e. The second kappa shape index (κ2) is 7.98. The Balaban J connectivity index is 2.35. The molecule has 6 nitrogen and oxygen atoms in total. The molecule has 0 bridgehead atoms. The predicted molar refractivity (Wildman–Crippen MR) is 73.0 cm³/mol. The van der Waals surface area contributed by atoms with Crippen LogP contribution in [0, 0.1) is 5.82 Å². The highest BCUT2D eigenvalue weighted by atomic mass is 19.1. The summed E-state index contributed by atoms with van der Waals surface area (Å²) in [5, 5.41) is 4.87. The molecule has 0 radical (unpaired) electrons. The minimum Gasteiger partial charge on any atom is -0.452 e. The van der Waals surface area contributed by atoms with E-state index in [4.69, 9.17) is 0 Å². The monoisotopic (exact) mass is 296 g/mol. The molecule has 1 aromatic rings. The minimum absolute atomic E-state index is 0.0340. The molecule has 0 aliphatic heterocycles. The zero-order chi connectivity index (χ0) is 15.8. The number of nitrogens with one attached hydrogen (secondary N) is 2. The maximum atomic E-state index is 13.3. The molecule has 114 valence electrons. The Labute approximate surface area is 121 Å². The standard InChI is InChI=1S/C14H17FN2O4/c1-9(2)17-12(18)7-16-13(19)8-21-14(20)10-5-3-4-6-11(10)15/h3-6,9H,7-8H2,1-2H3,(H,16,19)(H,17,18). The highest BCUT2D eigenvalue weighted by Gasteiger charge is 2.14. The fourth-order valence-corrected chi connectivity index (χ4v) is 1.44. The van der Waals surface area contributed by atoms with Crippen LogP contribution in [-0.4, -0.2) is 37.0 Å². The van der Waals surface area contributed by atoms with Crippen molar-refractivity contribution in [2.24, 2.45) is 0 Å². The average molecular weight is 296 g/mol. The van der Waals surface area contributed by atoms with Crippen molar-refractivity contribution in [3.63, 3.8) is 0 Å². The number of hydrogen-bond acceptors (Lipinski definition) is 4. The van der Waals surface area contributed by atoms with Gasteiger partial charge in [0.15, 0.2) is 6.61 Å². The topological polar surface area (TPSA) is 84.5 Å². The van der Waals surface area contributed by atoms with Gasteiger partial charge in [-0.05, 0) is 26.0 Å². The molecule has 0 heterocycles. The van der Waals surface area contributed by atoms with Crippen LogP contribution >= 0.6 is 0 Å². The van der Waals surface area contributed by atoms with Gasteiger partial charge in [0.2, 0.25) is 5.91 Å². The van der Waals surface area contributed by atoms with Gasteiger partial charge in [-0.15, -0.1) is 0 Å². The Hall–Kier alpha value is -2.44. The molecule has 0 unspecified atom stereocenters. The second-order valence-corrected chi connectivity index (χ2v) is 4.55. The van der Waals surface area contributed by atoms with E-state index in [2.05, 4.69) is 15.4 Å². The lowest BCUT2D eigenvalue weighted by molar-refractivity contribution is -0.128. The molecule has 1 aromatic carbocycles. The van der Waals surface area contributed by atoms with Gasteiger partial charge in [-0.2, -0.15) is 0 Å². The lowest BCUT2D eigenvalue weighted by Crippen LogP contribution is -2.41. The molecule has 0 saturated carbocycles. The van der Waals surface area contributed by atoms with E-state index in [1.54, 1.807) is 13.8 Å². The zero-order valence-electron chi connectivity index (χ0n) is 11.8. The summed E-state index contributed by atoms with van der Waals surface area (Å²) >= 11 is 0. The first-order chi connectivity index (χ1) is 9.90. The molecule has 1 rings (SSSR count). The fourth-order valence-electron chi connectivity index (χ4n) is 1.44. The van der Waals surface area contributed by atoms with Crippen molar-refractivity contribution in [2.75, 3.05) is 13.2 Å². The first-order valence-corrected chi connectivity index (χ1v) is 6.38. The summed E-state index contributed by atoms with van der Waals surface area (Å²) in [5.41, 5.74) is -0.247. The third-order valence-electron chi connectivity index (χ3n) is 2.32. The highest BCUT2D eigenvalue weighted by Crippen LogP contribution is 2.07. The number of carbonyl (C=O) groups is 3. The molecule has 2 amide bonds. The van der Waals surface area contributed by atoms with Crippen molar-refractivity contribution in [3.05, 3.63) is 35.6 Å². The molecule has 0 aromatic heterocycles. The SMILES string of the molecule is CC(C)NC(=O)CNC(=O)COC(=O)c1ccccc1F. The van der Waals surface area contributed by atoms with Gasteiger partial charge < -0.3 is 15.4 Å². The Kier molecular flexibility index (Phi) is 6.32. The fraction of sp³-hybridized carbons (Fsp3) is 0.357. The summed E-state index contributed by atoms with van der Waals surface area (Å²) in [6.45, 7) is 2.78. The first-order valence-electron chi connectivity index (χ1n) is 6.38. The van der Waals surface area contributed by atoms with E-state index in [1.807, 2.05) is 0 Å². The van der Waals surface area contributed by atoms with Crippen molar-refractivity contribution >= 4 is 17.8 Å². The van der Waals surface area contributed by atoms with E-state index in [0.717, 1.165) is 6.07 Å².